The van der Waals surface area contributed by atoms with Gasteiger partial charge < -0.3 is 28.6 Å². The zero-order valence-corrected chi connectivity index (χ0v) is 41.4. The van der Waals surface area contributed by atoms with Crippen molar-refractivity contribution in [1.29, 1.82) is 0 Å². The zero-order valence-electron chi connectivity index (χ0n) is 41.4. The van der Waals surface area contributed by atoms with E-state index in [4.69, 9.17) is 14.2 Å². The smallest absolute Gasteiger partial charge is 0.306 e. The van der Waals surface area contributed by atoms with Crippen molar-refractivity contribution in [2.75, 3.05) is 41.0 Å². The first-order valence-corrected chi connectivity index (χ1v) is 25.3. The second-order valence-electron chi connectivity index (χ2n) is 17.8. The van der Waals surface area contributed by atoms with E-state index >= 15 is 0 Å². The summed E-state index contributed by atoms with van der Waals surface area (Å²) in [6.07, 6.45) is 61.4. The van der Waals surface area contributed by atoms with Gasteiger partial charge in [-0.15, -0.1) is 0 Å². The van der Waals surface area contributed by atoms with Crippen LogP contribution in [0.25, 0.3) is 0 Å². The first-order chi connectivity index (χ1) is 31.1. The lowest BCUT2D eigenvalue weighted by Crippen LogP contribution is -2.55. The van der Waals surface area contributed by atoms with Gasteiger partial charge in [0.1, 0.15) is 12.6 Å². The van der Waals surface area contributed by atoms with Crippen molar-refractivity contribution in [2.45, 2.75) is 199 Å². The molecule has 364 valence electrons. The number of ether oxygens (including phenoxy) is 3. The number of quaternary nitrogens is 1. The van der Waals surface area contributed by atoms with Crippen LogP contribution in [-0.2, 0) is 28.6 Å². The molecule has 0 spiro atoms. The summed E-state index contributed by atoms with van der Waals surface area (Å²) in [5, 5.41) is 11.7. The number of esters is 2. The Labute approximate surface area is 392 Å². The molecule has 8 nitrogen and oxygen atoms in total. The Balaban J connectivity index is 4.32. The van der Waals surface area contributed by atoms with Crippen LogP contribution >= 0.6 is 0 Å². The molecule has 0 fully saturated rings. The van der Waals surface area contributed by atoms with Gasteiger partial charge in [0.25, 0.3) is 0 Å². The summed E-state index contributed by atoms with van der Waals surface area (Å²) >= 11 is 0. The maximum absolute atomic E-state index is 12.8. The van der Waals surface area contributed by atoms with E-state index in [1.165, 1.54) is 57.8 Å². The van der Waals surface area contributed by atoms with Crippen LogP contribution in [0.1, 0.15) is 187 Å². The monoisotopic (exact) mass is 892 g/mol. The standard InChI is InChI=1S/C56H93NO7/c1-6-8-10-12-14-16-18-20-22-24-26-27-28-29-31-32-34-36-38-40-42-44-46-54(58)63-51-52(50-62-49-48-53(56(60)61)57(3,4)5)64-55(59)47-45-43-41-39-37-35-33-30-25-23-21-19-17-15-13-11-9-7-2/h8,10,14-17,19-23,25-27,30,33,52-53H,6-7,9,11-13,18,24,28-29,31-32,34-51H2,1-5H3/b10-8+,16-14+,17-15+,21-19+,22-20+,25-23+,27-26+,33-30+. The molecule has 8 heteroatoms. The molecule has 0 radical (unpaired) electrons. The molecular formula is C56H93NO7. The summed E-state index contributed by atoms with van der Waals surface area (Å²) in [5.74, 6) is -1.78. The first-order valence-electron chi connectivity index (χ1n) is 25.3. The van der Waals surface area contributed by atoms with Crippen LogP contribution in [0.15, 0.2) is 97.2 Å². The van der Waals surface area contributed by atoms with Gasteiger partial charge in [0.15, 0.2) is 6.10 Å². The van der Waals surface area contributed by atoms with E-state index in [1.807, 2.05) is 6.08 Å². The highest BCUT2D eigenvalue weighted by molar-refractivity contribution is 5.70. The van der Waals surface area contributed by atoms with E-state index in [2.05, 4.69) is 105 Å². The average Bonchev–Trinajstić information content (AvgIpc) is 3.26. The first kappa shape index (κ1) is 60.2. The highest BCUT2D eigenvalue weighted by Gasteiger charge is 2.25. The lowest BCUT2D eigenvalue weighted by atomic mass is 10.1. The van der Waals surface area contributed by atoms with Gasteiger partial charge in [-0.05, 0) is 77.0 Å². The molecule has 2 unspecified atom stereocenters. The average molecular weight is 892 g/mol. The highest BCUT2D eigenvalue weighted by atomic mass is 16.6. The molecule has 0 aromatic rings. The molecule has 2 atom stereocenters. The predicted molar refractivity (Wildman–Crippen MR) is 268 cm³/mol. The SMILES string of the molecule is CC/C=C/C/C=C/C/C=C/C/C=C/CCCCCCCCCCCC(=O)OCC(COCCC(C(=O)[O-])[N+](C)(C)C)OC(=O)CCCCCCC/C=C/C=C/C=C/C=C/CCCCC. The Bertz CT molecular complexity index is 1360. The van der Waals surface area contributed by atoms with Gasteiger partial charge in [0, 0.05) is 19.3 Å². The van der Waals surface area contributed by atoms with Gasteiger partial charge in [-0.2, -0.15) is 0 Å². The number of carboxylic acid groups (broad SMARTS) is 1. The van der Waals surface area contributed by atoms with Crippen molar-refractivity contribution >= 4 is 17.9 Å². The van der Waals surface area contributed by atoms with E-state index in [0.717, 1.165) is 96.3 Å². The quantitative estimate of drug-likeness (QED) is 0.0197. The van der Waals surface area contributed by atoms with Crippen molar-refractivity contribution in [3.8, 4) is 0 Å². The number of nitrogens with zero attached hydrogens (tertiary/aromatic N) is 1. The van der Waals surface area contributed by atoms with Crippen molar-refractivity contribution in [1.82, 2.24) is 0 Å². The third-order valence-electron chi connectivity index (χ3n) is 10.8. The number of allylic oxidation sites excluding steroid dienone is 16. The topological polar surface area (TPSA) is 102 Å². The Kier molecular flexibility index (Phi) is 43.1. The molecule has 64 heavy (non-hydrogen) atoms. The van der Waals surface area contributed by atoms with Crippen LogP contribution in [-0.4, -0.2) is 75.5 Å². The fourth-order valence-electron chi connectivity index (χ4n) is 6.90. The summed E-state index contributed by atoms with van der Waals surface area (Å²) < 4.78 is 17.2. The molecule has 0 bridgehead atoms. The van der Waals surface area contributed by atoms with Gasteiger partial charge in [-0.3, -0.25) is 9.59 Å². The van der Waals surface area contributed by atoms with E-state index in [-0.39, 0.29) is 49.1 Å². The molecule has 0 aliphatic heterocycles. The minimum atomic E-state index is -1.13. The third kappa shape index (κ3) is 43.5. The van der Waals surface area contributed by atoms with Crippen molar-refractivity contribution in [2.24, 2.45) is 0 Å². The number of unbranched alkanes of at least 4 members (excludes halogenated alkanes) is 17. The summed E-state index contributed by atoms with van der Waals surface area (Å²) in [7, 11) is 5.39. The van der Waals surface area contributed by atoms with Crippen LogP contribution in [0.5, 0.6) is 0 Å². The predicted octanol–water partition coefficient (Wildman–Crippen LogP) is 13.3. The number of rotatable bonds is 44. The van der Waals surface area contributed by atoms with Crippen molar-refractivity contribution in [3.63, 3.8) is 0 Å². The second-order valence-corrected chi connectivity index (χ2v) is 17.8. The maximum Gasteiger partial charge on any atom is 0.306 e. The Morgan fingerprint density at radius 2 is 0.938 bits per heavy atom. The number of carbonyl (C=O) groups excluding carboxylic acids is 3. The Morgan fingerprint density at radius 1 is 0.500 bits per heavy atom. The summed E-state index contributed by atoms with van der Waals surface area (Å²) in [5.41, 5.74) is 0. The fraction of sp³-hybridized carbons (Fsp3) is 0.661. The molecule has 0 saturated heterocycles. The minimum absolute atomic E-state index is 0.0233. The minimum Gasteiger partial charge on any atom is -0.544 e. The molecule has 0 aromatic carbocycles. The molecule has 0 N–H and O–H groups in total. The normalized spacial score (nSPS) is 13.7. The summed E-state index contributed by atoms with van der Waals surface area (Å²) in [6.45, 7) is 4.47. The van der Waals surface area contributed by atoms with Gasteiger partial charge >= 0.3 is 11.9 Å². The largest absolute Gasteiger partial charge is 0.544 e. The lowest BCUT2D eigenvalue weighted by Gasteiger charge is -2.34. The zero-order chi connectivity index (χ0) is 47.0. The third-order valence-corrected chi connectivity index (χ3v) is 10.8. The van der Waals surface area contributed by atoms with E-state index in [0.29, 0.717) is 6.42 Å². The van der Waals surface area contributed by atoms with Crippen LogP contribution in [0.2, 0.25) is 0 Å². The number of hydrogen-bond donors (Lipinski definition) is 0. The van der Waals surface area contributed by atoms with Crippen LogP contribution in [0.3, 0.4) is 0 Å². The molecule has 0 heterocycles. The maximum atomic E-state index is 12.8. The number of carboxylic acids is 1. The molecule has 0 aliphatic rings. The highest BCUT2D eigenvalue weighted by Crippen LogP contribution is 2.14. The molecule has 0 aliphatic carbocycles. The number of hydrogen-bond acceptors (Lipinski definition) is 7. The van der Waals surface area contributed by atoms with Crippen molar-refractivity contribution in [3.05, 3.63) is 97.2 Å². The summed E-state index contributed by atoms with van der Waals surface area (Å²) in [4.78, 5) is 37.0. The van der Waals surface area contributed by atoms with E-state index < -0.39 is 18.1 Å². The Morgan fingerprint density at radius 3 is 1.44 bits per heavy atom. The van der Waals surface area contributed by atoms with Gasteiger partial charge in [0.2, 0.25) is 0 Å². The number of likely N-dealkylation sites (N-methyl/N-ethyl adjacent to an activating group) is 1. The fourth-order valence-corrected chi connectivity index (χ4v) is 6.90. The van der Waals surface area contributed by atoms with Gasteiger partial charge in [-0.1, -0.05) is 188 Å². The summed E-state index contributed by atoms with van der Waals surface area (Å²) in [6, 6.07) is -0.737. The van der Waals surface area contributed by atoms with E-state index in [9.17, 15) is 19.5 Å². The molecule has 0 saturated carbocycles. The molecule has 0 rings (SSSR count). The van der Waals surface area contributed by atoms with E-state index in [1.54, 1.807) is 21.1 Å². The lowest BCUT2D eigenvalue weighted by molar-refractivity contribution is -0.889. The van der Waals surface area contributed by atoms with Gasteiger partial charge in [-0.25, -0.2) is 0 Å². The Hall–Kier alpha value is -3.75. The van der Waals surface area contributed by atoms with Crippen LogP contribution in [0, 0.1) is 0 Å². The number of aliphatic carboxylic acids is 1. The van der Waals surface area contributed by atoms with Crippen LogP contribution < -0.4 is 5.11 Å². The molecule has 0 amide bonds. The molecular weight excluding hydrogens is 799 g/mol. The number of carbonyl (C=O) groups is 3. The van der Waals surface area contributed by atoms with Crippen LogP contribution in [0.4, 0.5) is 0 Å². The van der Waals surface area contributed by atoms with Crippen molar-refractivity contribution < 1.29 is 38.2 Å². The second kappa shape index (κ2) is 45.8. The molecule has 0 aromatic heterocycles. The van der Waals surface area contributed by atoms with Gasteiger partial charge in [0.05, 0.1) is 40.3 Å².